The molecule has 2 aromatic rings. The van der Waals surface area contributed by atoms with Crippen LogP contribution in [0.4, 0.5) is 5.69 Å². The molecule has 0 bridgehead atoms. The first-order chi connectivity index (χ1) is 17.3. The van der Waals surface area contributed by atoms with E-state index in [9.17, 15) is 14.4 Å². The molecule has 194 valence electrons. The topological polar surface area (TPSA) is 109 Å². The Morgan fingerprint density at radius 1 is 0.833 bits per heavy atom. The second-order valence-corrected chi connectivity index (χ2v) is 9.28. The number of carbonyl (C=O) groups excluding carboxylic acids is 3. The maximum atomic E-state index is 12.4. The van der Waals surface area contributed by atoms with Crippen LogP contribution >= 0.6 is 12.2 Å². The second kappa shape index (κ2) is 15.5. The van der Waals surface area contributed by atoms with Gasteiger partial charge in [-0.2, -0.15) is 0 Å². The van der Waals surface area contributed by atoms with Crippen molar-refractivity contribution in [2.24, 2.45) is 5.92 Å². The Balaban J connectivity index is 1.73. The van der Waals surface area contributed by atoms with E-state index in [1.54, 1.807) is 48.5 Å². The summed E-state index contributed by atoms with van der Waals surface area (Å²) in [5.74, 6) is 0.0383. The molecule has 4 N–H and O–H groups in total. The molecule has 0 radical (unpaired) electrons. The van der Waals surface area contributed by atoms with E-state index in [0.717, 1.165) is 12.8 Å². The smallest absolute Gasteiger partial charge is 0.269 e. The molecule has 0 aliphatic heterocycles. The van der Waals surface area contributed by atoms with E-state index in [2.05, 4.69) is 28.4 Å². The SMILES string of the molecule is CCCCCCCOc1ccc(C(=O)NC(=S)NNC(=O)c2ccc(NC(=O)CC(C)C)cc2)cc1. The van der Waals surface area contributed by atoms with Crippen LogP contribution in [-0.2, 0) is 4.79 Å². The molecule has 0 aromatic heterocycles. The number of unbranched alkanes of at least 4 members (excludes halogenated alkanes) is 4. The molecule has 0 fully saturated rings. The summed E-state index contributed by atoms with van der Waals surface area (Å²) in [4.78, 5) is 36.6. The van der Waals surface area contributed by atoms with Gasteiger partial charge in [-0.3, -0.25) is 30.6 Å². The van der Waals surface area contributed by atoms with Crippen LogP contribution in [0.25, 0.3) is 0 Å². The monoisotopic (exact) mass is 512 g/mol. The van der Waals surface area contributed by atoms with Gasteiger partial charge in [-0.15, -0.1) is 0 Å². The van der Waals surface area contributed by atoms with Crippen LogP contribution in [0.15, 0.2) is 48.5 Å². The van der Waals surface area contributed by atoms with Gasteiger partial charge in [0.2, 0.25) is 5.91 Å². The van der Waals surface area contributed by atoms with Crippen molar-refractivity contribution >= 4 is 40.7 Å². The molecule has 0 aliphatic rings. The third-order valence-electron chi connectivity index (χ3n) is 5.17. The minimum Gasteiger partial charge on any atom is -0.494 e. The molecule has 8 nitrogen and oxygen atoms in total. The summed E-state index contributed by atoms with van der Waals surface area (Å²) in [6.45, 7) is 6.77. The lowest BCUT2D eigenvalue weighted by Crippen LogP contribution is -2.48. The van der Waals surface area contributed by atoms with Crippen molar-refractivity contribution in [2.75, 3.05) is 11.9 Å². The van der Waals surface area contributed by atoms with E-state index >= 15 is 0 Å². The molecule has 0 atom stereocenters. The van der Waals surface area contributed by atoms with Crippen molar-refractivity contribution in [2.45, 2.75) is 59.3 Å². The highest BCUT2D eigenvalue weighted by Gasteiger charge is 2.11. The fourth-order valence-corrected chi connectivity index (χ4v) is 3.42. The number of ether oxygens (including phenoxy) is 1. The molecule has 0 aliphatic carbocycles. The molecule has 2 aromatic carbocycles. The normalized spacial score (nSPS) is 10.4. The molecular weight excluding hydrogens is 476 g/mol. The van der Waals surface area contributed by atoms with E-state index in [-0.39, 0.29) is 16.9 Å². The Hall–Kier alpha value is -3.46. The summed E-state index contributed by atoms with van der Waals surface area (Å²) in [6, 6.07) is 13.3. The maximum absolute atomic E-state index is 12.4. The Morgan fingerprint density at radius 2 is 1.44 bits per heavy atom. The van der Waals surface area contributed by atoms with Crippen molar-refractivity contribution < 1.29 is 19.1 Å². The fraction of sp³-hybridized carbons (Fsp3) is 0.407. The lowest BCUT2D eigenvalue weighted by molar-refractivity contribution is -0.116. The summed E-state index contributed by atoms with van der Waals surface area (Å²) < 4.78 is 5.71. The zero-order chi connectivity index (χ0) is 26.3. The van der Waals surface area contributed by atoms with Crippen molar-refractivity contribution in [3.63, 3.8) is 0 Å². The highest BCUT2D eigenvalue weighted by Crippen LogP contribution is 2.14. The zero-order valence-corrected chi connectivity index (χ0v) is 22.0. The third kappa shape index (κ3) is 10.9. The number of hydrogen-bond acceptors (Lipinski definition) is 5. The Kier molecular flexibility index (Phi) is 12.4. The van der Waals surface area contributed by atoms with Gasteiger partial charge in [-0.05, 0) is 73.1 Å². The van der Waals surface area contributed by atoms with Crippen molar-refractivity contribution in [3.05, 3.63) is 59.7 Å². The lowest BCUT2D eigenvalue weighted by atomic mass is 10.1. The quantitative estimate of drug-likeness (QED) is 0.182. The first-order valence-electron chi connectivity index (χ1n) is 12.3. The Labute approximate surface area is 218 Å². The Morgan fingerprint density at radius 3 is 2.08 bits per heavy atom. The van der Waals surface area contributed by atoms with E-state index in [0.29, 0.717) is 35.6 Å². The maximum Gasteiger partial charge on any atom is 0.269 e. The van der Waals surface area contributed by atoms with Gasteiger partial charge in [-0.1, -0.05) is 46.5 Å². The summed E-state index contributed by atoms with van der Waals surface area (Å²) in [6.07, 6.45) is 6.26. The first-order valence-corrected chi connectivity index (χ1v) is 12.7. The first kappa shape index (κ1) is 28.8. The third-order valence-corrected chi connectivity index (χ3v) is 5.38. The predicted octanol–water partition coefficient (Wildman–Crippen LogP) is 4.97. The van der Waals surface area contributed by atoms with Crippen molar-refractivity contribution in [1.29, 1.82) is 0 Å². The zero-order valence-electron chi connectivity index (χ0n) is 21.2. The molecule has 9 heteroatoms. The summed E-state index contributed by atoms with van der Waals surface area (Å²) >= 11 is 5.10. The number of amides is 3. The van der Waals surface area contributed by atoms with Gasteiger partial charge in [0.05, 0.1) is 6.61 Å². The minimum atomic E-state index is -0.442. The molecule has 0 saturated carbocycles. The van der Waals surface area contributed by atoms with Crippen LogP contribution in [-0.4, -0.2) is 29.4 Å². The van der Waals surface area contributed by atoms with Crippen LogP contribution in [0.2, 0.25) is 0 Å². The molecule has 0 heterocycles. The summed E-state index contributed by atoms with van der Waals surface area (Å²) in [5.41, 5.74) is 6.34. The van der Waals surface area contributed by atoms with Gasteiger partial charge < -0.3 is 10.1 Å². The molecular formula is C27H36N4O4S. The number of hydrazine groups is 1. The average Bonchev–Trinajstić information content (AvgIpc) is 2.85. The lowest BCUT2D eigenvalue weighted by Gasteiger charge is -2.12. The predicted molar refractivity (Wildman–Crippen MR) is 146 cm³/mol. The van der Waals surface area contributed by atoms with Crippen molar-refractivity contribution in [1.82, 2.24) is 16.2 Å². The van der Waals surface area contributed by atoms with Crippen LogP contribution in [0.3, 0.4) is 0 Å². The van der Waals surface area contributed by atoms with Gasteiger partial charge in [0.1, 0.15) is 5.75 Å². The number of rotatable bonds is 12. The summed E-state index contributed by atoms with van der Waals surface area (Å²) in [7, 11) is 0. The fourth-order valence-electron chi connectivity index (χ4n) is 3.28. The largest absolute Gasteiger partial charge is 0.494 e. The number of nitrogens with one attached hydrogen (secondary N) is 4. The van der Waals surface area contributed by atoms with Gasteiger partial charge in [-0.25, -0.2) is 0 Å². The molecule has 0 spiro atoms. The van der Waals surface area contributed by atoms with Gasteiger partial charge in [0.25, 0.3) is 11.8 Å². The van der Waals surface area contributed by atoms with E-state index in [4.69, 9.17) is 17.0 Å². The van der Waals surface area contributed by atoms with E-state index in [1.165, 1.54) is 19.3 Å². The van der Waals surface area contributed by atoms with Crippen LogP contribution < -0.4 is 26.2 Å². The molecule has 0 saturated heterocycles. The molecule has 2 rings (SSSR count). The van der Waals surface area contributed by atoms with Gasteiger partial charge in [0, 0.05) is 23.2 Å². The highest BCUT2D eigenvalue weighted by atomic mass is 32.1. The number of benzene rings is 2. The van der Waals surface area contributed by atoms with Crippen molar-refractivity contribution in [3.8, 4) is 5.75 Å². The van der Waals surface area contributed by atoms with Crippen LogP contribution in [0.5, 0.6) is 5.75 Å². The number of hydrogen-bond donors (Lipinski definition) is 4. The Bertz CT molecular complexity index is 1010. The molecule has 3 amide bonds. The average molecular weight is 513 g/mol. The van der Waals surface area contributed by atoms with Crippen LogP contribution in [0, 0.1) is 5.92 Å². The standard InChI is InChI=1S/C27H36N4O4S/c1-4-5-6-7-8-17-35-23-15-11-20(12-16-23)25(33)29-27(36)31-30-26(34)21-9-13-22(14-10-21)28-24(32)18-19(2)3/h9-16,19H,4-8,17-18H2,1-3H3,(H,28,32)(H,30,34)(H2,29,31,33,36). The van der Waals surface area contributed by atoms with Crippen LogP contribution in [0.1, 0.15) is 80.0 Å². The summed E-state index contributed by atoms with van der Waals surface area (Å²) in [5, 5.41) is 5.26. The van der Waals surface area contributed by atoms with Gasteiger partial charge >= 0.3 is 0 Å². The van der Waals surface area contributed by atoms with Gasteiger partial charge in [0.15, 0.2) is 5.11 Å². The highest BCUT2D eigenvalue weighted by molar-refractivity contribution is 7.80. The van der Waals surface area contributed by atoms with E-state index in [1.807, 2.05) is 13.8 Å². The minimum absolute atomic E-state index is 0.0432. The number of carbonyl (C=O) groups is 3. The molecule has 36 heavy (non-hydrogen) atoms. The number of anilines is 1. The van der Waals surface area contributed by atoms with E-state index < -0.39 is 11.8 Å². The number of thiocarbonyl (C=S) groups is 1. The second-order valence-electron chi connectivity index (χ2n) is 8.87. The molecule has 0 unspecified atom stereocenters.